The number of esters is 2. The van der Waals surface area contributed by atoms with Crippen molar-refractivity contribution in [3.05, 3.63) is 33.1 Å². The summed E-state index contributed by atoms with van der Waals surface area (Å²) in [6.07, 6.45) is -2.62. The van der Waals surface area contributed by atoms with Gasteiger partial charge in [0, 0.05) is 12.3 Å². The van der Waals surface area contributed by atoms with Crippen LogP contribution in [-0.2, 0) is 23.8 Å². The van der Waals surface area contributed by atoms with Crippen LogP contribution in [0.25, 0.3) is 0 Å². The first kappa shape index (κ1) is 20.4. The molecule has 0 aromatic carbocycles. The first-order valence-electron chi connectivity index (χ1n) is 7.37. The van der Waals surface area contributed by atoms with E-state index in [0.717, 1.165) is 16.8 Å². The number of hydrogen-bond donors (Lipinski definition) is 2. The minimum absolute atomic E-state index is 0.392. The first-order chi connectivity index (χ1) is 12.2. The normalized spacial score (nSPS) is 27.9. The molecule has 1 aliphatic heterocycles. The van der Waals surface area contributed by atoms with E-state index >= 15 is 0 Å². The molecule has 0 aliphatic carbocycles. The number of carbonyl (C=O) groups is 2. The number of ether oxygens (including phenoxy) is 3. The summed E-state index contributed by atoms with van der Waals surface area (Å²) in [5.41, 5.74) is -3.38. The molecule has 0 saturated carbocycles. The number of nitrogens with zero attached hydrogens (tertiary/aromatic N) is 1. The van der Waals surface area contributed by atoms with Crippen molar-refractivity contribution < 1.29 is 28.9 Å². The fraction of sp³-hybridized carbons (Fsp3) is 0.571. The molecule has 1 aliphatic rings. The van der Waals surface area contributed by atoms with Gasteiger partial charge in [0.1, 0.15) is 30.1 Å². The van der Waals surface area contributed by atoms with Crippen molar-refractivity contribution in [1.29, 1.82) is 0 Å². The minimum Gasteiger partial charge on any atom is -0.462 e. The monoisotopic (exact) mass is 410 g/mol. The van der Waals surface area contributed by atoms with E-state index in [0.29, 0.717) is 0 Å². The van der Waals surface area contributed by atoms with E-state index in [1.54, 1.807) is 0 Å². The summed E-state index contributed by atoms with van der Waals surface area (Å²) in [6.45, 7) is 0.876. The predicted octanol–water partition coefficient (Wildman–Crippen LogP) is -0.882. The third-order valence-corrected chi connectivity index (χ3v) is 4.14. The number of hydrogen-bond acceptors (Lipinski definition) is 8. The lowest BCUT2D eigenvalue weighted by molar-refractivity contribution is -0.162. The molecule has 2 N–H and O–H groups in total. The summed E-state index contributed by atoms with van der Waals surface area (Å²) in [4.78, 5) is 48.1. The Morgan fingerprint density at radius 3 is 2.58 bits per heavy atom. The van der Waals surface area contributed by atoms with Gasteiger partial charge in [-0.1, -0.05) is 0 Å². The van der Waals surface area contributed by atoms with Crippen LogP contribution in [0.2, 0.25) is 0 Å². The van der Waals surface area contributed by atoms with Gasteiger partial charge in [0.25, 0.3) is 5.56 Å². The standard InChI is InChI=1S/C14H16Cl2N2O8/c1-14(23)11(26-10(21)5-16)7(6-24-9(20)4-15)25-12(14)18-3-2-8(19)17-13(18)22/h2-3,7,11-12,23H,4-6H2,1H3,(H,17,19,22)/t7-,11-,12?,14+/m1/s1. The van der Waals surface area contributed by atoms with Gasteiger partial charge >= 0.3 is 17.6 Å². The van der Waals surface area contributed by atoms with Crippen molar-refractivity contribution in [3.8, 4) is 0 Å². The van der Waals surface area contributed by atoms with E-state index in [1.807, 2.05) is 4.98 Å². The first-order valence-corrected chi connectivity index (χ1v) is 8.44. The molecule has 1 aromatic rings. The van der Waals surface area contributed by atoms with E-state index in [4.69, 9.17) is 37.4 Å². The number of aromatic amines is 1. The van der Waals surface area contributed by atoms with Crippen LogP contribution in [0.15, 0.2) is 21.9 Å². The highest BCUT2D eigenvalue weighted by atomic mass is 35.5. The van der Waals surface area contributed by atoms with Gasteiger partial charge in [0.2, 0.25) is 0 Å². The Balaban J connectivity index is 2.35. The van der Waals surface area contributed by atoms with Crippen LogP contribution in [0.5, 0.6) is 0 Å². The Bertz CT molecular complexity index is 790. The maximum atomic E-state index is 12.0. The summed E-state index contributed by atoms with van der Waals surface area (Å²) in [6, 6.07) is 1.06. The van der Waals surface area contributed by atoms with Gasteiger partial charge in [-0.25, -0.2) is 4.79 Å². The molecule has 1 saturated heterocycles. The molecule has 4 atom stereocenters. The molecule has 2 heterocycles. The van der Waals surface area contributed by atoms with Gasteiger partial charge in [-0.3, -0.25) is 23.9 Å². The maximum Gasteiger partial charge on any atom is 0.330 e. The van der Waals surface area contributed by atoms with Gasteiger partial charge in [-0.05, 0) is 6.92 Å². The van der Waals surface area contributed by atoms with Crippen LogP contribution < -0.4 is 11.2 Å². The van der Waals surface area contributed by atoms with E-state index in [2.05, 4.69) is 0 Å². The molecule has 0 bridgehead atoms. The van der Waals surface area contributed by atoms with Gasteiger partial charge in [0.15, 0.2) is 12.3 Å². The maximum absolute atomic E-state index is 12.0. The number of carbonyl (C=O) groups excluding carboxylic acids is 2. The number of H-pyrrole nitrogens is 1. The largest absolute Gasteiger partial charge is 0.462 e. The summed E-state index contributed by atoms with van der Waals surface area (Å²) in [5.74, 6) is -2.48. The van der Waals surface area contributed by atoms with Crippen molar-refractivity contribution in [1.82, 2.24) is 9.55 Å². The van der Waals surface area contributed by atoms with Crippen molar-refractivity contribution in [2.45, 2.75) is 31.0 Å². The van der Waals surface area contributed by atoms with E-state index < -0.39 is 65.6 Å². The SMILES string of the molecule is C[C@@]1(O)C(n2ccc(=O)[nH]c2=O)O[C@H](COC(=O)CCl)[C@H]1OC(=O)CCl. The zero-order valence-corrected chi connectivity index (χ0v) is 15.0. The van der Waals surface area contributed by atoms with Gasteiger partial charge in [-0.15, -0.1) is 23.2 Å². The molecule has 0 spiro atoms. The van der Waals surface area contributed by atoms with Gasteiger partial charge in [-0.2, -0.15) is 0 Å². The predicted molar refractivity (Wildman–Crippen MR) is 88.1 cm³/mol. The fourth-order valence-electron chi connectivity index (χ4n) is 2.56. The smallest absolute Gasteiger partial charge is 0.330 e. The van der Waals surface area contributed by atoms with Crippen molar-refractivity contribution in [3.63, 3.8) is 0 Å². The molecular formula is C14H16Cl2N2O8. The van der Waals surface area contributed by atoms with E-state index in [1.165, 1.54) is 6.92 Å². The Labute approximate surface area is 156 Å². The molecule has 0 radical (unpaired) electrons. The Hall–Kier alpha value is -1.88. The molecule has 144 valence electrons. The molecule has 1 fully saturated rings. The number of aliphatic hydroxyl groups is 1. The molecule has 1 aromatic heterocycles. The Morgan fingerprint density at radius 1 is 1.35 bits per heavy atom. The molecule has 12 heteroatoms. The topological polar surface area (TPSA) is 137 Å². The second-order valence-corrected chi connectivity index (χ2v) is 6.17. The lowest BCUT2D eigenvalue weighted by Gasteiger charge is -2.29. The molecule has 1 unspecified atom stereocenters. The Kier molecular flexibility index (Phi) is 6.45. The molecule has 10 nitrogen and oxygen atoms in total. The third kappa shape index (κ3) is 4.26. The molecule has 2 rings (SSSR count). The van der Waals surface area contributed by atoms with Crippen LogP contribution >= 0.6 is 23.2 Å². The van der Waals surface area contributed by atoms with Crippen LogP contribution in [0.4, 0.5) is 0 Å². The zero-order valence-electron chi connectivity index (χ0n) is 13.5. The number of nitrogens with one attached hydrogen (secondary N) is 1. The lowest BCUT2D eigenvalue weighted by Crippen LogP contribution is -2.49. The van der Waals surface area contributed by atoms with E-state index in [-0.39, 0.29) is 0 Å². The quantitative estimate of drug-likeness (QED) is 0.455. The van der Waals surface area contributed by atoms with Crippen LogP contribution in [0.3, 0.4) is 0 Å². The van der Waals surface area contributed by atoms with Crippen LogP contribution in [0, 0.1) is 0 Å². The highest BCUT2D eigenvalue weighted by Gasteiger charge is 2.56. The Morgan fingerprint density at radius 2 is 2.00 bits per heavy atom. The second kappa shape index (κ2) is 8.21. The van der Waals surface area contributed by atoms with Crippen molar-refractivity contribution >= 4 is 35.1 Å². The third-order valence-electron chi connectivity index (χ3n) is 3.71. The molecule has 0 amide bonds. The number of aromatic nitrogens is 2. The summed E-state index contributed by atoms with van der Waals surface area (Å²) < 4.78 is 16.5. The fourth-order valence-corrected chi connectivity index (χ4v) is 2.70. The molecule has 26 heavy (non-hydrogen) atoms. The second-order valence-electron chi connectivity index (χ2n) is 5.63. The summed E-state index contributed by atoms with van der Waals surface area (Å²) in [7, 11) is 0. The van der Waals surface area contributed by atoms with E-state index in [9.17, 15) is 24.3 Å². The number of halogens is 2. The van der Waals surface area contributed by atoms with Gasteiger partial charge in [0.05, 0.1) is 0 Å². The number of rotatable bonds is 6. The number of alkyl halides is 2. The van der Waals surface area contributed by atoms with Gasteiger partial charge < -0.3 is 19.3 Å². The summed E-state index contributed by atoms with van der Waals surface area (Å²) in [5, 5.41) is 10.8. The molecular weight excluding hydrogens is 395 g/mol. The lowest BCUT2D eigenvalue weighted by atomic mass is 9.96. The average molecular weight is 411 g/mol. The van der Waals surface area contributed by atoms with Crippen LogP contribution in [-0.4, -0.2) is 62.8 Å². The van der Waals surface area contributed by atoms with Crippen molar-refractivity contribution in [2.24, 2.45) is 0 Å². The highest BCUT2D eigenvalue weighted by Crippen LogP contribution is 2.39. The summed E-state index contributed by atoms with van der Waals surface area (Å²) >= 11 is 10.8. The van der Waals surface area contributed by atoms with Crippen molar-refractivity contribution in [2.75, 3.05) is 18.4 Å². The minimum atomic E-state index is -1.90. The highest BCUT2D eigenvalue weighted by molar-refractivity contribution is 6.26. The zero-order chi connectivity index (χ0) is 19.5. The average Bonchev–Trinajstić information content (AvgIpc) is 2.83. The van der Waals surface area contributed by atoms with Crippen LogP contribution in [0.1, 0.15) is 13.2 Å².